The standard InChI is InChI=1S/C13H7ClFIN2S/c14-7-5-10-12(6-8(7)15)18(13(19)17-10)11-4-2-1-3-9(11)16/h1-6H,(H,17,19). The van der Waals surface area contributed by atoms with Crippen molar-refractivity contribution in [1.82, 2.24) is 9.55 Å². The molecule has 0 amide bonds. The summed E-state index contributed by atoms with van der Waals surface area (Å²) in [6.07, 6.45) is 0. The van der Waals surface area contributed by atoms with Gasteiger partial charge in [-0.3, -0.25) is 4.57 Å². The van der Waals surface area contributed by atoms with E-state index in [1.165, 1.54) is 6.07 Å². The lowest BCUT2D eigenvalue weighted by Crippen LogP contribution is -1.96. The highest BCUT2D eigenvalue weighted by molar-refractivity contribution is 14.1. The van der Waals surface area contributed by atoms with E-state index in [-0.39, 0.29) is 5.02 Å². The Balaban J connectivity index is 2.42. The molecule has 0 spiro atoms. The number of rotatable bonds is 1. The molecule has 0 aliphatic rings. The summed E-state index contributed by atoms with van der Waals surface area (Å²) < 4.78 is 17.0. The lowest BCUT2D eigenvalue weighted by molar-refractivity contribution is 0.629. The normalized spacial score (nSPS) is 11.1. The smallest absolute Gasteiger partial charge is 0.182 e. The van der Waals surface area contributed by atoms with Gasteiger partial charge in [-0.1, -0.05) is 23.7 Å². The van der Waals surface area contributed by atoms with Crippen LogP contribution >= 0.6 is 46.4 Å². The monoisotopic (exact) mass is 404 g/mol. The molecule has 1 aromatic heterocycles. The maximum absolute atomic E-state index is 13.7. The van der Waals surface area contributed by atoms with Gasteiger partial charge in [-0.15, -0.1) is 0 Å². The van der Waals surface area contributed by atoms with E-state index in [0.717, 1.165) is 14.8 Å². The summed E-state index contributed by atoms with van der Waals surface area (Å²) in [6.45, 7) is 0. The Labute approximate surface area is 132 Å². The minimum Gasteiger partial charge on any atom is -0.330 e. The van der Waals surface area contributed by atoms with Crippen molar-refractivity contribution in [3.63, 3.8) is 0 Å². The highest BCUT2D eigenvalue weighted by Crippen LogP contribution is 2.27. The minimum atomic E-state index is -0.456. The molecular formula is C13H7ClFIN2S. The number of aromatic amines is 1. The van der Waals surface area contributed by atoms with Gasteiger partial charge in [0.25, 0.3) is 0 Å². The van der Waals surface area contributed by atoms with E-state index in [1.54, 1.807) is 6.07 Å². The topological polar surface area (TPSA) is 20.7 Å². The number of aromatic nitrogens is 2. The number of imidazole rings is 1. The molecule has 2 nitrogen and oxygen atoms in total. The summed E-state index contributed by atoms with van der Waals surface area (Å²) >= 11 is 13.3. The molecule has 0 aliphatic heterocycles. The molecule has 1 N–H and O–H groups in total. The minimum absolute atomic E-state index is 0.0821. The summed E-state index contributed by atoms with van der Waals surface area (Å²) in [7, 11) is 0. The van der Waals surface area contributed by atoms with Crippen LogP contribution < -0.4 is 0 Å². The van der Waals surface area contributed by atoms with Crippen molar-refractivity contribution in [3.8, 4) is 5.69 Å². The average Bonchev–Trinajstić information content (AvgIpc) is 2.66. The number of H-pyrrole nitrogens is 1. The van der Waals surface area contributed by atoms with Gasteiger partial charge in [0.1, 0.15) is 5.82 Å². The van der Waals surface area contributed by atoms with E-state index >= 15 is 0 Å². The second-order valence-electron chi connectivity index (χ2n) is 4.00. The first-order valence-corrected chi connectivity index (χ1v) is 7.29. The van der Waals surface area contributed by atoms with Gasteiger partial charge in [0, 0.05) is 9.64 Å². The number of nitrogens with zero attached hydrogens (tertiary/aromatic N) is 1. The Morgan fingerprint density at radius 1 is 1.26 bits per heavy atom. The summed E-state index contributed by atoms with van der Waals surface area (Å²) in [6, 6.07) is 10.7. The van der Waals surface area contributed by atoms with Gasteiger partial charge in [-0.05, 0) is 53.0 Å². The van der Waals surface area contributed by atoms with Gasteiger partial charge >= 0.3 is 0 Å². The SMILES string of the molecule is Fc1cc2c(cc1Cl)[nH]c(=S)n2-c1ccccc1I. The molecule has 0 atom stereocenters. The van der Waals surface area contributed by atoms with E-state index in [2.05, 4.69) is 27.6 Å². The zero-order chi connectivity index (χ0) is 13.6. The Bertz CT molecular complexity index is 840. The highest BCUT2D eigenvalue weighted by Gasteiger charge is 2.11. The molecule has 0 aliphatic carbocycles. The van der Waals surface area contributed by atoms with Gasteiger partial charge < -0.3 is 4.98 Å². The van der Waals surface area contributed by atoms with Crippen molar-refractivity contribution in [3.05, 3.63) is 55.6 Å². The van der Waals surface area contributed by atoms with Crippen LogP contribution in [0.2, 0.25) is 5.02 Å². The predicted octanol–water partition coefficient (Wildman–Crippen LogP) is 5.09. The fraction of sp³-hybridized carbons (Fsp3) is 0. The Kier molecular flexibility index (Phi) is 3.36. The molecule has 0 unspecified atom stereocenters. The zero-order valence-electron chi connectivity index (χ0n) is 9.45. The summed E-state index contributed by atoms with van der Waals surface area (Å²) in [5.74, 6) is -0.456. The number of hydrogen-bond acceptors (Lipinski definition) is 1. The first kappa shape index (κ1) is 13.1. The average molecular weight is 405 g/mol. The maximum atomic E-state index is 13.7. The fourth-order valence-electron chi connectivity index (χ4n) is 1.97. The quantitative estimate of drug-likeness (QED) is 0.443. The molecule has 0 saturated heterocycles. The van der Waals surface area contributed by atoms with Crippen LogP contribution in [-0.2, 0) is 0 Å². The molecular weight excluding hydrogens is 398 g/mol. The van der Waals surface area contributed by atoms with E-state index in [1.807, 2.05) is 28.8 Å². The van der Waals surface area contributed by atoms with Crippen LogP contribution in [0.15, 0.2) is 36.4 Å². The number of hydrogen-bond donors (Lipinski definition) is 1. The van der Waals surface area contributed by atoms with E-state index in [4.69, 9.17) is 23.8 Å². The number of para-hydroxylation sites is 1. The molecule has 0 saturated carbocycles. The van der Waals surface area contributed by atoms with Crippen LogP contribution in [0.3, 0.4) is 0 Å². The molecule has 3 aromatic rings. The van der Waals surface area contributed by atoms with Crippen molar-refractivity contribution >= 4 is 57.4 Å². The van der Waals surface area contributed by atoms with E-state index in [0.29, 0.717) is 10.3 Å². The fourth-order valence-corrected chi connectivity index (χ4v) is 3.07. The predicted molar refractivity (Wildman–Crippen MR) is 86.1 cm³/mol. The van der Waals surface area contributed by atoms with Crippen LogP contribution in [-0.4, -0.2) is 9.55 Å². The van der Waals surface area contributed by atoms with Crippen molar-refractivity contribution in [2.24, 2.45) is 0 Å². The van der Waals surface area contributed by atoms with Crippen LogP contribution in [0.25, 0.3) is 16.7 Å². The largest absolute Gasteiger partial charge is 0.330 e. The van der Waals surface area contributed by atoms with Gasteiger partial charge in [-0.25, -0.2) is 4.39 Å². The van der Waals surface area contributed by atoms with Crippen molar-refractivity contribution in [1.29, 1.82) is 0 Å². The third-order valence-corrected chi connectivity index (χ3v) is 4.30. The second-order valence-corrected chi connectivity index (χ2v) is 5.96. The molecule has 19 heavy (non-hydrogen) atoms. The van der Waals surface area contributed by atoms with Crippen LogP contribution in [0.5, 0.6) is 0 Å². The van der Waals surface area contributed by atoms with Gasteiger partial charge in [0.2, 0.25) is 0 Å². The summed E-state index contributed by atoms with van der Waals surface area (Å²) in [4.78, 5) is 3.04. The van der Waals surface area contributed by atoms with Crippen LogP contribution in [0, 0.1) is 14.2 Å². The maximum Gasteiger partial charge on any atom is 0.182 e. The van der Waals surface area contributed by atoms with Crippen molar-refractivity contribution in [2.45, 2.75) is 0 Å². The molecule has 3 rings (SSSR count). The number of nitrogens with one attached hydrogen (secondary N) is 1. The van der Waals surface area contributed by atoms with Crippen molar-refractivity contribution < 1.29 is 4.39 Å². The first-order chi connectivity index (χ1) is 9.08. The number of halogens is 3. The third-order valence-electron chi connectivity index (χ3n) is 2.82. The van der Waals surface area contributed by atoms with Gasteiger partial charge in [-0.2, -0.15) is 0 Å². The highest BCUT2D eigenvalue weighted by atomic mass is 127. The Morgan fingerprint density at radius 3 is 2.74 bits per heavy atom. The molecule has 0 bridgehead atoms. The van der Waals surface area contributed by atoms with E-state index in [9.17, 15) is 4.39 Å². The Morgan fingerprint density at radius 2 is 2.00 bits per heavy atom. The molecule has 1 heterocycles. The lowest BCUT2D eigenvalue weighted by Gasteiger charge is -2.07. The third kappa shape index (κ3) is 2.19. The molecule has 0 fully saturated rings. The molecule has 6 heteroatoms. The molecule has 96 valence electrons. The lowest BCUT2D eigenvalue weighted by atomic mass is 10.2. The van der Waals surface area contributed by atoms with E-state index < -0.39 is 5.82 Å². The van der Waals surface area contributed by atoms with Gasteiger partial charge in [0.05, 0.1) is 21.7 Å². The molecule has 2 aromatic carbocycles. The number of fused-ring (bicyclic) bond motifs is 1. The number of benzene rings is 2. The second kappa shape index (κ2) is 4.88. The first-order valence-electron chi connectivity index (χ1n) is 5.42. The summed E-state index contributed by atoms with van der Waals surface area (Å²) in [5, 5.41) is 0.0821. The van der Waals surface area contributed by atoms with Crippen molar-refractivity contribution in [2.75, 3.05) is 0 Å². The van der Waals surface area contributed by atoms with Crippen LogP contribution in [0.1, 0.15) is 0 Å². The molecule has 0 radical (unpaired) electrons. The summed E-state index contributed by atoms with van der Waals surface area (Å²) in [5.41, 5.74) is 2.31. The van der Waals surface area contributed by atoms with Crippen LogP contribution in [0.4, 0.5) is 4.39 Å². The van der Waals surface area contributed by atoms with Gasteiger partial charge in [0.15, 0.2) is 4.77 Å². The Hall–Kier alpha value is -0.920. The zero-order valence-corrected chi connectivity index (χ0v) is 13.2.